The number of unbranched alkanes of at least 4 members (excludes halogenated alkanes) is 11. The second kappa shape index (κ2) is 24.4. The van der Waals surface area contributed by atoms with Gasteiger partial charge in [0.2, 0.25) is 0 Å². The van der Waals surface area contributed by atoms with Crippen molar-refractivity contribution in [2.45, 2.75) is 130 Å². The highest BCUT2D eigenvalue weighted by Crippen LogP contribution is 2.13. The monoisotopic (exact) mass is 394 g/mol. The fourth-order valence-electron chi connectivity index (χ4n) is 3.12. The van der Waals surface area contributed by atoms with E-state index in [2.05, 4.69) is 45.1 Å². The zero-order valence-electron chi connectivity index (χ0n) is 19.4. The molecule has 0 unspecified atom stereocenters. The van der Waals surface area contributed by atoms with E-state index >= 15 is 0 Å². The van der Waals surface area contributed by atoms with E-state index < -0.39 is 0 Å². The van der Waals surface area contributed by atoms with Gasteiger partial charge >= 0.3 is 0 Å². The molecule has 2 heteroatoms. The van der Waals surface area contributed by atoms with Crippen molar-refractivity contribution in [3.8, 4) is 0 Å². The molecule has 2 nitrogen and oxygen atoms in total. The molecule has 166 valence electrons. The van der Waals surface area contributed by atoms with Gasteiger partial charge in [0.1, 0.15) is 0 Å². The van der Waals surface area contributed by atoms with Crippen molar-refractivity contribution in [3.05, 3.63) is 24.3 Å². The molecule has 0 bridgehead atoms. The van der Waals surface area contributed by atoms with Crippen LogP contribution >= 0.6 is 0 Å². The van der Waals surface area contributed by atoms with Crippen LogP contribution in [0.5, 0.6) is 0 Å². The number of hydrogen-bond acceptors (Lipinski definition) is 2. The Morgan fingerprint density at radius 1 is 0.536 bits per heavy atom. The van der Waals surface area contributed by atoms with Crippen molar-refractivity contribution in [3.63, 3.8) is 0 Å². The molecule has 0 aliphatic carbocycles. The summed E-state index contributed by atoms with van der Waals surface area (Å²) in [6.45, 7) is 8.42. The summed E-state index contributed by atoms with van der Waals surface area (Å²) < 4.78 is 12.0. The van der Waals surface area contributed by atoms with Crippen LogP contribution in [0.2, 0.25) is 0 Å². The zero-order valence-corrected chi connectivity index (χ0v) is 19.4. The summed E-state index contributed by atoms with van der Waals surface area (Å²) in [5.74, 6) is 0. The van der Waals surface area contributed by atoms with E-state index in [9.17, 15) is 0 Å². The molecule has 0 aliphatic heterocycles. The zero-order chi connectivity index (χ0) is 20.5. The minimum Gasteiger partial charge on any atom is -0.353 e. The molecule has 0 spiro atoms. The molecular formula is C26H50O2. The van der Waals surface area contributed by atoms with Gasteiger partial charge < -0.3 is 9.47 Å². The van der Waals surface area contributed by atoms with Gasteiger partial charge in [-0.1, -0.05) is 103 Å². The third kappa shape index (κ3) is 21.7. The van der Waals surface area contributed by atoms with E-state index in [4.69, 9.17) is 9.47 Å². The summed E-state index contributed by atoms with van der Waals surface area (Å²) in [6.07, 6.45) is 28.9. The molecule has 0 N–H and O–H groups in total. The van der Waals surface area contributed by atoms with E-state index in [1.807, 2.05) is 0 Å². The Morgan fingerprint density at radius 2 is 1.04 bits per heavy atom. The highest BCUT2D eigenvalue weighted by atomic mass is 16.7. The van der Waals surface area contributed by atoms with Crippen molar-refractivity contribution in [1.29, 1.82) is 0 Å². The van der Waals surface area contributed by atoms with Crippen LogP contribution in [0.4, 0.5) is 0 Å². The Balaban J connectivity index is 3.66. The normalized spacial score (nSPS) is 12.1. The van der Waals surface area contributed by atoms with E-state index in [0.717, 1.165) is 32.5 Å². The summed E-state index contributed by atoms with van der Waals surface area (Å²) in [6, 6.07) is 0. The maximum Gasteiger partial charge on any atom is 0.157 e. The van der Waals surface area contributed by atoms with E-state index in [-0.39, 0.29) is 6.29 Å². The molecule has 0 aromatic carbocycles. The number of ether oxygens (including phenoxy) is 2. The van der Waals surface area contributed by atoms with Crippen molar-refractivity contribution >= 4 is 0 Å². The first-order valence-electron chi connectivity index (χ1n) is 12.4. The maximum atomic E-state index is 5.99. The number of hydrogen-bond donors (Lipinski definition) is 0. The Hall–Kier alpha value is -0.600. The summed E-state index contributed by atoms with van der Waals surface area (Å²) in [5, 5.41) is 0. The first-order chi connectivity index (χ1) is 13.8. The Bertz CT molecular complexity index is 323. The average molecular weight is 395 g/mol. The molecular weight excluding hydrogens is 344 g/mol. The molecule has 0 saturated carbocycles. The fraction of sp³-hybridized carbons (Fsp3) is 0.846. The van der Waals surface area contributed by atoms with Crippen LogP contribution in [-0.4, -0.2) is 19.5 Å². The second-order valence-corrected chi connectivity index (χ2v) is 7.93. The average Bonchev–Trinajstić information content (AvgIpc) is 2.71. The van der Waals surface area contributed by atoms with Gasteiger partial charge in [0, 0.05) is 13.2 Å². The summed E-state index contributed by atoms with van der Waals surface area (Å²) in [5.41, 5.74) is 0. The highest BCUT2D eigenvalue weighted by Gasteiger charge is 2.09. The highest BCUT2D eigenvalue weighted by molar-refractivity contribution is 5.02. The smallest absolute Gasteiger partial charge is 0.157 e. The van der Waals surface area contributed by atoms with Crippen LogP contribution in [0.25, 0.3) is 0 Å². The molecule has 0 radical (unpaired) electrons. The predicted molar refractivity (Wildman–Crippen MR) is 125 cm³/mol. The molecule has 0 saturated heterocycles. The molecule has 0 aliphatic rings. The van der Waals surface area contributed by atoms with E-state index in [0.29, 0.717) is 0 Å². The summed E-state index contributed by atoms with van der Waals surface area (Å²) in [7, 11) is 0. The van der Waals surface area contributed by atoms with Crippen LogP contribution in [-0.2, 0) is 9.47 Å². The van der Waals surface area contributed by atoms with E-state index in [1.54, 1.807) is 0 Å². The lowest BCUT2D eigenvalue weighted by atomic mass is 10.1. The van der Waals surface area contributed by atoms with Gasteiger partial charge in [-0.05, 0) is 44.9 Å². The van der Waals surface area contributed by atoms with Gasteiger partial charge in [-0.2, -0.15) is 0 Å². The van der Waals surface area contributed by atoms with Gasteiger partial charge in [-0.25, -0.2) is 0 Å². The van der Waals surface area contributed by atoms with Crippen LogP contribution in [0.3, 0.4) is 0 Å². The van der Waals surface area contributed by atoms with Crippen molar-refractivity contribution < 1.29 is 9.47 Å². The lowest BCUT2D eigenvalue weighted by Gasteiger charge is -2.18. The minimum atomic E-state index is 0.0242. The lowest BCUT2D eigenvalue weighted by Crippen LogP contribution is -2.19. The third-order valence-corrected chi connectivity index (χ3v) is 5.02. The van der Waals surface area contributed by atoms with Gasteiger partial charge in [-0.3, -0.25) is 0 Å². The van der Waals surface area contributed by atoms with Gasteiger partial charge in [0.25, 0.3) is 0 Å². The molecule has 0 rings (SSSR count). The SMILES string of the molecule is CCCC/C=C/C=C\CCCCCCCC(OCCCCC)OCCCCC. The van der Waals surface area contributed by atoms with Crippen LogP contribution in [0, 0.1) is 0 Å². The Labute approximate surface area is 177 Å². The van der Waals surface area contributed by atoms with Gasteiger partial charge in [0.05, 0.1) is 0 Å². The topological polar surface area (TPSA) is 18.5 Å². The van der Waals surface area contributed by atoms with Crippen LogP contribution in [0.15, 0.2) is 24.3 Å². The Morgan fingerprint density at radius 3 is 1.61 bits per heavy atom. The molecule has 0 amide bonds. The quantitative estimate of drug-likeness (QED) is 0.104. The van der Waals surface area contributed by atoms with Gasteiger partial charge in [-0.15, -0.1) is 0 Å². The predicted octanol–water partition coefficient (Wildman–Crippen LogP) is 8.76. The number of allylic oxidation sites excluding steroid dienone is 4. The first kappa shape index (κ1) is 27.4. The maximum absolute atomic E-state index is 5.99. The van der Waals surface area contributed by atoms with Gasteiger partial charge in [0.15, 0.2) is 6.29 Å². The second-order valence-electron chi connectivity index (χ2n) is 7.93. The van der Waals surface area contributed by atoms with Crippen LogP contribution < -0.4 is 0 Å². The lowest BCUT2D eigenvalue weighted by molar-refractivity contribution is -0.148. The third-order valence-electron chi connectivity index (χ3n) is 5.02. The minimum absolute atomic E-state index is 0.0242. The molecule has 0 atom stereocenters. The number of rotatable bonds is 22. The van der Waals surface area contributed by atoms with Crippen LogP contribution in [0.1, 0.15) is 124 Å². The van der Waals surface area contributed by atoms with E-state index in [1.165, 1.54) is 83.5 Å². The Kier molecular flexibility index (Phi) is 23.9. The molecule has 0 aromatic rings. The molecule has 28 heavy (non-hydrogen) atoms. The molecule has 0 heterocycles. The standard InChI is InChI=1S/C26H50O2/c1-4-7-10-11-12-13-14-15-16-17-18-19-20-23-26(27-24-21-8-5-2)28-25-22-9-6-3/h11-14,26H,4-10,15-25H2,1-3H3/b12-11+,14-13-. The summed E-state index contributed by atoms with van der Waals surface area (Å²) >= 11 is 0. The van der Waals surface area contributed by atoms with Crippen molar-refractivity contribution in [2.24, 2.45) is 0 Å². The van der Waals surface area contributed by atoms with Crippen molar-refractivity contribution in [2.75, 3.05) is 13.2 Å². The first-order valence-corrected chi connectivity index (χ1v) is 12.4. The largest absolute Gasteiger partial charge is 0.353 e. The fourth-order valence-corrected chi connectivity index (χ4v) is 3.12. The summed E-state index contributed by atoms with van der Waals surface area (Å²) in [4.78, 5) is 0. The molecule has 0 fully saturated rings. The molecule has 0 aromatic heterocycles. The van der Waals surface area contributed by atoms with Crippen molar-refractivity contribution in [1.82, 2.24) is 0 Å².